The van der Waals surface area contributed by atoms with Crippen LogP contribution in [0, 0.1) is 0 Å². The highest BCUT2D eigenvalue weighted by Gasteiger charge is 2.03. The molecule has 1 aromatic rings. The smallest absolute Gasteiger partial charge is 0.0208 e. The molecule has 0 spiro atoms. The lowest BCUT2D eigenvalue weighted by atomic mass is 10.1. The summed E-state index contributed by atoms with van der Waals surface area (Å²) in [5.41, 5.74) is 1.36. The van der Waals surface area contributed by atoms with Gasteiger partial charge in [-0.2, -0.15) is 0 Å². The molecule has 1 atom stereocenters. The number of nitrogens with one attached hydrogen (secondary N) is 1. The van der Waals surface area contributed by atoms with Gasteiger partial charge in [0.05, 0.1) is 0 Å². The van der Waals surface area contributed by atoms with Crippen molar-refractivity contribution in [1.29, 1.82) is 0 Å². The van der Waals surface area contributed by atoms with E-state index >= 15 is 0 Å². The fourth-order valence-corrected chi connectivity index (χ4v) is 1.99. The van der Waals surface area contributed by atoms with Crippen molar-refractivity contribution < 1.29 is 0 Å². The Morgan fingerprint density at radius 1 is 1.29 bits per heavy atom. The van der Waals surface area contributed by atoms with Crippen LogP contribution in [0.4, 0.5) is 0 Å². The van der Waals surface area contributed by atoms with Gasteiger partial charge in [-0.05, 0) is 12.0 Å². The van der Waals surface area contributed by atoms with Crippen LogP contribution in [0.15, 0.2) is 30.3 Å². The van der Waals surface area contributed by atoms with Crippen molar-refractivity contribution in [3.05, 3.63) is 35.9 Å². The fourth-order valence-electron chi connectivity index (χ4n) is 1.44. The minimum atomic E-state index is 0.597. The van der Waals surface area contributed by atoms with E-state index in [0.29, 0.717) is 6.04 Å². The zero-order valence-electron chi connectivity index (χ0n) is 8.67. The normalized spacial score (nSPS) is 12.7. The van der Waals surface area contributed by atoms with Gasteiger partial charge in [0.15, 0.2) is 0 Å². The van der Waals surface area contributed by atoms with Gasteiger partial charge in [0.25, 0.3) is 0 Å². The quantitative estimate of drug-likeness (QED) is 0.770. The summed E-state index contributed by atoms with van der Waals surface area (Å²) in [7, 11) is 0. The van der Waals surface area contributed by atoms with Crippen LogP contribution in [0.5, 0.6) is 0 Å². The zero-order chi connectivity index (χ0) is 10.2. The Balaban J connectivity index is 2.32. The lowest BCUT2D eigenvalue weighted by Crippen LogP contribution is -2.29. The van der Waals surface area contributed by atoms with Gasteiger partial charge < -0.3 is 5.32 Å². The molecule has 2 heteroatoms. The molecule has 1 rings (SSSR count). The van der Waals surface area contributed by atoms with Gasteiger partial charge in [0.1, 0.15) is 0 Å². The van der Waals surface area contributed by atoms with E-state index in [1.165, 1.54) is 18.4 Å². The summed E-state index contributed by atoms with van der Waals surface area (Å²) in [5.74, 6) is 0. The van der Waals surface area contributed by atoms with E-state index in [0.717, 1.165) is 11.9 Å². The third-order valence-electron chi connectivity index (χ3n) is 2.26. The van der Waals surface area contributed by atoms with E-state index in [4.69, 9.17) is 0 Å². The Morgan fingerprint density at radius 3 is 2.57 bits per heavy atom. The standard InChI is InChI=1S/C12H18BrN/c1-2-6-12(9-13)14-10-11-7-4-3-5-8-11/h3-5,7-8,12,14H,2,6,9-10H2,1H3/t12-/m0/s1. The number of alkyl halides is 1. The minimum absolute atomic E-state index is 0.597. The van der Waals surface area contributed by atoms with Gasteiger partial charge in [-0.1, -0.05) is 59.6 Å². The number of benzene rings is 1. The molecule has 0 fully saturated rings. The van der Waals surface area contributed by atoms with Gasteiger partial charge in [0.2, 0.25) is 0 Å². The second-order valence-corrected chi connectivity index (χ2v) is 4.15. The molecule has 0 saturated heterocycles. The summed E-state index contributed by atoms with van der Waals surface area (Å²) in [6.45, 7) is 3.19. The molecular weight excluding hydrogens is 238 g/mol. The fraction of sp³-hybridized carbons (Fsp3) is 0.500. The first-order chi connectivity index (χ1) is 6.86. The van der Waals surface area contributed by atoms with Crippen LogP contribution in [0.3, 0.4) is 0 Å². The molecule has 14 heavy (non-hydrogen) atoms. The lowest BCUT2D eigenvalue weighted by Gasteiger charge is -2.14. The van der Waals surface area contributed by atoms with E-state index in [-0.39, 0.29) is 0 Å². The van der Waals surface area contributed by atoms with Crippen LogP contribution in [-0.2, 0) is 6.54 Å². The molecule has 0 aromatic heterocycles. The molecule has 0 unspecified atom stereocenters. The molecule has 0 amide bonds. The van der Waals surface area contributed by atoms with Crippen molar-refractivity contribution in [2.75, 3.05) is 5.33 Å². The van der Waals surface area contributed by atoms with E-state index in [1.54, 1.807) is 0 Å². The second kappa shape index (κ2) is 7.02. The topological polar surface area (TPSA) is 12.0 Å². The lowest BCUT2D eigenvalue weighted by molar-refractivity contribution is 0.517. The van der Waals surface area contributed by atoms with Crippen molar-refractivity contribution >= 4 is 15.9 Å². The molecule has 0 radical (unpaired) electrons. The maximum Gasteiger partial charge on any atom is 0.0208 e. The number of hydrogen-bond acceptors (Lipinski definition) is 1. The molecule has 0 aliphatic carbocycles. The Bertz CT molecular complexity index is 235. The molecule has 78 valence electrons. The highest BCUT2D eigenvalue weighted by Crippen LogP contribution is 2.03. The maximum atomic E-state index is 3.54. The zero-order valence-corrected chi connectivity index (χ0v) is 10.3. The molecule has 0 aliphatic heterocycles. The predicted molar refractivity (Wildman–Crippen MR) is 65.8 cm³/mol. The van der Waals surface area contributed by atoms with Crippen LogP contribution < -0.4 is 5.32 Å². The Hall–Kier alpha value is -0.340. The molecule has 0 saturated carbocycles. The highest BCUT2D eigenvalue weighted by molar-refractivity contribution is 9.09. The van der Waals surface area contributed by atoms with Gasteiger partial charge in [-0.3, -0.25) is 0 Å². The molecule has 0 aliphatic rings. The number of halogens is 1. The maximum absolute atomic E-state index is 3.54. The summed E-state index contributed by atoms with van der Waals surface area (Å²) >= 11 is 3.53. The second-order valence-electron chi connectivity index (χ2n) is 3.51. The largest absolute Gasteiger partial charge is 0.309 e. The molecule has 1 N–H and O–H groups in total. The van der Waals surface area contributed by atoms with Gasteiger partial charge in [0, 0.05) is 17.9 Å². The molecular formula is C12H18BrN. The summed E-state index contributed by atoms with van der Waals surface area (Å²) in [5, 5.41) is 4.58. The van der Waals surface area contributed by atoms with Crippen molar-refractivity contribution in [3.63, 3.8) is 0 Å². The Kier molecular flexibility index (Phi) is 5.88. The summed E-state index contributed by atoms with van der Waals surface area (Å²) in [6, 6.07) is 11.1. The molecule has 1 nitrogen and oxygen atoms in total. The van der Waals surface area contributed by atoms with Crippen LogP contribution in [0.1, 0.15) is 25.3 Å². The molecule has 1 aromatic carbocycles. The van der Waals surface area contributed by atoms with E-state index in [1.807, 2.05) is 0 Å². The summed E-state index contributed by atoms with van der Waals surface area (Å²) in [4.78, 5) is 0. The van der Waals surface area contributed by atoms with E-state index < -0.39 is 0 Å². The Labute approximate surface area is 95.0 Å². The van der Waals surface area contributed by atoms with E-state index in [2.05, 4.69) is 58.5 Å². The minimum Gasteiger partial charge on any atom is -0.309 e. The first-order valence-electron chi connectivity index (χ1n) is 5.20. The third kappa shape index (κ3) is 4.25. The van der Waals surface area contributed by atoms with Crippen LogP contribution >= 0.6 is 15.9 Å². The van der Waals surface area contributed by atoms with Crippen LogP contribution in [0.2, 0.25) is 0 Å². The van der Waals surface area contributed by atoms with Gasteiger partial charge in [-0.15, -0.1) is 0 Å². The monoisotopic (exact) mass is 255 g/mol. The highest BCUT2D eigenvalue weighted by atomic mass is 79.9. The van der Waals surface area contributed by atoms with Gasteiger partial charge in [-0.25, -0.2) is 0 Å². The summed E-state index contributed by atoms with van der Waals surface area (Å²) < 4.78 is 0. The average Bonchev–Trinajstić information content (AvgIpc) is 2.25. The van der Waals surface area contributed by atoms with E-state index in [9.17, 15) is 0 Å². The van der Waals surface area contributed by atoms with Gasteiger partial charge >= 0.3 is 0 Å². The number of hydrogen-bond donors (Lipinski definition) is 1. The molecule has 0 heterocycles. The van der Waals surface area contributed by atoms with Crippen molar-refractivity contribution in [1.82, 2.24) is 5.32 Å². The van der Waals surface area contributed by atoms with Crippen molar-refractivity contribution in [2.24, 2.45) is 0 Å². The first kappa shape index (κ1) is 11.7. The predicted octanol–water partition coefficient (Wildman–Crippen LogP) is 3.34. The average molecular weight is 256 g/mol. The van der Waals surface area contributed by atoms with Crippen molar-refractivity contribution in [3.8, 4) is 0 Å². The third-order valence-corrected chi connectivity index (χ3v) is 3.04. The van der Waals surface area contributed by atoms with Crippen LogP contribution in [0.25, 0.3) is 0 Å². The molecule has 0 bridgehead atoms. The van der Waals surface area contributed by atoms with Crippen molar-refractivity contribution in [2.45, 2.75) is 32.4 Å². The first-order valence-corrected chi connectivity index (χ1v) is 6.32. The number of rotatable bonds is 6. The SMILES string of the molecule is CCC[C@@H](CBr)NCc1ccccc1. The van der Waals surface area contributed by atoms with Crippen LogP contribution in [-0.4, -0.2) is 11.4 Å². The Morgan fingerprint density at radius 2 is 2.00 bits per heavy atom. The summed E-state index contributed by atoms with van der Waals surface area (Å²) in [6.07, 6.45) is 2.47.